The van der Waals surface area contributed by atoms with Crippen molar-refractivity contribution in [1.29, 1.82) is 0 Å². The molecule has 1 unspecified atom stereocenters. The van der Waals surface area contributed by atoms with Crippen LogP contribution in [-0.4, -0.2) is 92.4 Å². The highest BCUT2D eigenvalue weighted by molar-refractivity contribution is 5.74. The Labute approximate surface area is 385 Å². The van der Waals surface area contributed by atoms with E-state index in [9.17, 15) is 28.8 Å². The summed E-state index contributed by atoms with van der Waals surface area (Å²) in [6, 6.07) is 0. The lowest BCUT2D eigenvalue weighted by atomic mass is 9.98. The molecule has 1 heterocycles. The monoisotopic (exact) mass is 914 g/mol. The Balaban J connectivity index is 2.83. The molecule has 1 fully saturated rings. The molecule has 64 heavy (non-hydrogen) atoms. The number of amides is 1. The Kier molecular flexibility index (Phi) is 35.7. The molecular weight excluding hydrogens is 827 g/mol. The van der Waals surface area contributed by atoms with Crippen molar-refractivity contribution in [1.82, 2.24) is 5.48 Å². The second kappa shape index (κ2) is 38.9. The highest BCUT2D eigenvalue weighted by Crippen LogP contribution is 2.30. The molecule has 15 nitrogen and oxygen atoms in total. The first-order chi connectivity index (χ1) is 30.9. The number of hydroxylamine groups is 1. The number of hydrogen-bond acceptors (Lipinski definition) is 14. The second-order valence-electron chi connectivity index (χ2n) is 17.3. The Morgan fingerprint density at radius 3 is 1.31 bits per heavy atom. The van der Waals surface area contributed by atoms with Crippen LogP contribution in [0, 0.1) is 0 Å². The zero-order valence-corrected chi connectivity index (χ0v) is 40.6. The van der Waals surface area contributed by atoms with E-state index < -0.39 is 73.3 Å². The van der Waals surface area contributed by atoms with Crippen LogP contribution in [0.4, 0.5) is 0 Å². The Hall–Kier alpha value is -3.30. The first kappa shape index (κ1) is 58.7. The maximum absolute atomic E-state index is 12.9. The fourth-order valence-corrected chi connectivity index (χ4v) is 7.69. The van der Waals surface area contributed by atoms with Crippen LogP contribution in [0.25, 0.3) is 0 Å². The molecule has 0 aliphatic carbocycles. The maximum Gasteiger partial charge on any atom is 0.305 e. The van der Waals surface area contributed by atoms with Gasteiger partial charge in [-0.25, -0.2) is 5.48 Å². The van der Waals surface area contributed by atoms with Gasteiger partial charge in [0.05, 0.1) is 6.61 Å². The van der Waals surface area contributed by atoms with Crippen molar-refractivity contribution in [2.45, 2.75) is 258 Å². The number of unbranched alkanes of at least 4 members (excludes halogenated alkanes) is 24. The third-order valence-electron chi connectivity index (χ3n) is 11.2. The Morgan fingerprint density at radius 2 is 0.875 bits per heavy atom. The van der Waals surface area contributed by atoms with Gasteiger partial charge < -0.3 is 33.2 Å². The fraction of sp³-hybridized carbons (Fsp3) is 0.878. The van der Waals surface area contributed by atoms with E-state index in [2.05, 4.69) is 19.3 Å². The van der Waals surface area contributed by atoms with Gasteiger partial charge in [0.25, 0.3) is 0 Å². The number of carbonyl (C=O) groups excluding carboxylic acids is 6. The zero-order valence-electron chi connectivity index (χ0n) is 40.6. The number of nitrogens with one attached hydrogen (secondary N) is 1. The van der Waals surface area contributed by atoms with Gasteiger partial charge in [-0.2, -0.15) is 0 Å². The topological polar surface area (TPSA) is 188 Å². The van der Waals surface area contributed by atoms with Gasteiger partial charge in [-0.3, -0.25) is 33.6 Å². The minimum Gasteiger partial charge on any atom is -0.463 e. The van der Waals surface area contributed by atoms with Gasteiger partial charge in [-0.05, 0) is 12.8 Å². The predicted octanol–water partition coefficient (Wildman–Crippen LogP) is 10.0. The molecule has 1 saturated heterocycles. The van der Waals surface area contributed by atoms with Crippen LogP contribution < -0.4 is 5.48 Å². The van der Waals surface area contributed by atoms with Crippen molar-refractivity contribution in [3.05, 3.63) is 0 Å². The van der Waals surface area contributed by atoms with Gasteiger partial charge in [0, 0.05) is 40.5 Å². The normalized spacial score (nSPS) is 18.8. The summed E-state index contributed by atoms with van der Waals surface area (Å²) in [6.07, 6.45) is 23.3. The summed E-state index contributed by atoms with van der Waals surface area (Å²) in [4.78, 5) is 79.9. The Morgan fingerprint density at radius 1 is 0.469 bits per heavy atom. The number of esters is 5. The summed E-state index contributed by atoms with van der Waals surface area (Å²) in [5.41, 5.74) is 2.46. The summed E-state index contributed by atoms with van der Waals surface area (Å²) in [6.45, 7) is 7.95. The van der Waals surface area contributed by atoms with Crippen LogP contribution >= 0.6 is 0 Å². The van der Waals surface area contributed by atoms with Crippen LogP contribution in [0.1, 0.15) is 221 Å². The molecule has 1 amide bonds. The smallest absolute Gasteiger partial charge is 0.305 e. The van der Waals surface area contributed by atoms with Gasteiger partial charge >= 0.3 is 29.8 Å². The second-order valence-corrected chi connectivity index (χ2v) is 17.3. The fourth-order valence-electron chi connectivity index (χ4n) is 7.69. The van der Waals surface area contributed by atoms with Crippen LogP contribution in [0.3, 0.4) is 0 Å². The van der Waals surface area contributed by atoms with Gasteiger partial charge in [-0.1, -0.05) is 168 Å². The van der Waals surface area contributed by atoms with Crippen molar-refractivity contribution in [2.75, 3.05) is 19.8 Å². The SMILES string of the molecule is CCCCCCCCCCCCCCCC(=O)NOC(COC(=O)CCCCCCCCCCCCCCC)CO[C@@H]1O[C@H](COC(C)=O)[C@@H](OC(C)=O)[C@H](OC(C)=O)[C@H]1OC(C)=O. The summed E-state index contributed by atoms with van der Waals surface area (Å²) in [7, 11) is 0. The molecule has 0 aromatic heterocycles. The van der Waals surface area contributed by atoms with Gasteiger partial charge in [0.1, 0.15) is 25.4 Å². The van der Waals surface area contributed by atoms with E-state index in [0.29, 0.717) is 12.8 Å². The third-order valence-corrected chi connectivity index (χ3v) is 11.2. The first-order valence-electron chi connectivity index (χ1n) is 24.9. The van der Waals surface area contributed by atoms with Crippen LogP contribution in [0.5, 0.6) is 0 Å². The highest BCUT2D eigenvalue weighted by atomic mass is 16.7. The van der Waals surface area contributed by atoms with Crippen molar-refractivity contribution in [3.8, 4) is 0 Å². The van der Waals surface area contributed by atoms with E-state index in [4.69, 9.17) is 38.0 Å². The quantitative estimate of drug-likeness (QED) is 0.0265. The van der Waals surface area contributed by atoms with Gasteiger partial charge in [0.15, 0.2) is 24.6 Å². The highest BCUT2D eigenvalue weighted by Gasteiger charge is 2.53. The van der Waals surface area contributed by atoms with E-state index in [1.165, 1.54) is 122 Å². The first-order valence-corrected chi connectivity index (χ1v) is 24.9. The lowest BCUT2D eigenvalue weighted by Crippen LogP contribution is -2.63. The number of ether oxygens (including phenoxy) is 7. The van der Waals surface area contributed by atoms with Crippen molar-refractivity contribution in [3.63, 3.8) is 0 Å². The molecule has 6 atom stereocenters. The van der Waals surface area contributed by atoms with Gasteiger partial charge in [-0.15, -0.1) is 0 Å². The van der Waals surface area contributed by atoms with Gasteiger partial charge in [0.2, 0.25) is 5.91 Å². The standard InChI is InChI=1S/C49H87NO14/c1-7-9-11-13-15-17-19-21-23-25-27-29-31-33-44(55)50-64-42(35-58-45(56)34-32-30-28-26-24-22-20-18-16-14-12-10-8-2)36-59-49-48(62-41(6)54)47(61-40(5)53)46(60-39(4)52)43(63-49)37-57-38(3)51/h42-43,46-49H,7-37H2,1-6H3,(H,50,55)/t42?,43-,46-,47+,48-,49-/m1/s1. The molecule has 15 heteroatoms. The molecular formula is C49H87NO14. The van der Waals surface area contributed by atoms with E-state index in [1.807, 2.05) is 0 Å². The van der Waals surface area contributed by atoms with Crippen molar-refractivity contribution < 1.29 is 66.8 Å². The van der Waals surface area contributed by atoms with E-state index >= 15 is 0 Å². The third kappa shape index (κ3) is 31.6. The molecule has 0 saturated carbocycles. The molecule has 1 aliphatic heterocycles. The van der Waals surface area contributed by atoms with E-state index in [0.717, 1.165) is 59.3 Å². The zero-order chi connectivity index (χ0) is 47.2. The summed E-state index contributed by atoms with van der Waals surface area (Å²) in [5.74, 6) is -3.76. The molecule has 1 N–H and O–H groups in total. The van der Waals surface area contributed by atoms with Crippen LogP contribution in [0.15, 0.2) is 0 Å². The molecule has 1 aliphatic rings. The lowest BCUT2D eigenvalue weighted by molar-refractivity contribution is -0.312. The van der Waals surface area contributed by atoms with E-state index in [1.54, 1.807) is 0 Å². The molecule has 0 bridgehead atoms. The molecule has 0 aromatic carbocycles. The number of hydrogen-bond donors (Lipinski definition) is 1. The lowest BCUT2D eigenvalue weighted by Gasteiger charge is -2.44. The molecule has 1 rings (SSSR count). The minimum atomic E-state index is -1.48. The maximum atomic E-state index is 12.9. The van der Waals surface area contributed by atoms with Crippen LogP contribution in [-0.2, 0) is 66.8 Å². The molecule has 0 radical (unpaired) electrons. The largest absolute Gasteiger partial charge is 0.463 e. The molecule has 372 valence electrons. The average molecular weight is 914 g/mol. The van der Waals surface area contributed by atoms with Crippen molar-refractivity contribution in [2.24, 2.45) is 0 Å². The number of carbonyl (C=O) groups is 6. The minimum absolute atomic E-state index is 0.219. The van der Waals surface area contributed by atoms with E-state index in [-0.39, 0.29) is 32.0 Å². The molecule has 0 aromatic rings. The predicted molar refractivity (Wildman–Crippen MR) is 243 cm³/mol. The number of rotatable bonds is 40. The summed E-state index contributed by atoms with van der Waals surface area (Å²) >= 11 is 0. The summed E-state index contributed by atoms with van der Waals surface area (Å²) < 4.78 is 39.2. The molecule has 0 spiro atoms. The van der Waals surface area contributed by atoms with Crippen molar-refractivity contribution >= 4 is 35.8 Å². The Bertz CT molecular complexity index is 1220. The summed E-state index contributed by atoms with van der Waals surface area (Å²) in [5, 5.41) is 0. The van der Waals surface area contributed by atoms with Crippen LogP contribution in [0.2, 0.25) is 0 Å². The average Bonchev–Trinajstić information content (AvgIpc) is 3.24.